The van der Waals surface area contributed by atoms with Crippen LogP contribution in [0.1, 0.15) is 5.56 Å². The average molecular weight is 461 g/mol. The lowest BCUT2D eigenvalue weighted by Gasteiger charge is -2.19. The van der Waals surface area contributed by atoms with Crippen LogP contribution in [-0.4, -0.2) is 6.16 Å². The molecule has 3 heterocycles. The monoisotopic (exact) mass is 460 g/mol. The van der Waals surface area contributed by atoms with Crippen LogP contribution in [0.2, 0.25) is 0 Å². The molecular formula is C26H21PS3. The maximum Gasteiger partial charge on any atom is 0.0481 e. The van der Waals surface area contributed by atoms with Crippen molar-refractivity contribution in [3.05, 3.63) is 107 Å². The fourth-order valence-electron chi connectivity index (χ4n) is 3.63. The number of aryl methyl sites for hydroxylation is 1. The second-order valence-electron chi connectivity index (χ2n) is 6.99. The molecule has 0 aliphatic carbocycles. The quantitative estimate of drug-likeness (QED) is 0.217. The summed E-state index contributed by atoms with van der Waals surface area (Å²) in [4.78, 5) is 5.61. The summed E-state index contributed by atoms with van der Waals surface area (Å²) >= 11 is 5.62. The summed E-state index contributed by atoms with van der Waals surface area (Å²) in [7, 11) is -0.370. The second kappa shape index (κ2) is 9.41. The van der Waals surface area contributed by atoms with Gasteiger partial charge >= 0.3 is 0 Å². The van der Waals surface area contributed by atoms with Crippen molar-refractivity contribution in [2.75, 3.05) is 6.16 Å². The van der Waals surface area contributed by atoms with Crippen LogP contribution in [0.3, 0.4) is 0 Å². The highest BCUT2D eigenvalue weighted by Gasteiger charge is 2.18. The average Bonchev–Trinajstić information content (AvgIpc) is 3.56. The van der Waals surface area contributed by atoms with Gasteiger partial charge in [0.1, 0.15) is 0 Å². The van der Waals surface area contributed by atoms with Crippen molar-refractivity contribution >= 4 is 52.5 Å². The molecule has 0 aliphatic rings. The first-order valence-corrected chi connectivity index (χ1v) is 14.1. The predicted octanol–water partition coefficient (Wildman–Crippen LogP) is 7.88. The molecular weight excluding hydrogens is 439 g/mol. The topological polar surface area (TPSA) is 0 Å². The molecule has 0 amide bonds. The highest BCUT2D eigenvalue weighted by molar-refractivity contribution is 7.73. The van der Waals surface area contributed by atoms with Gasteiger partial charge < -0.3 is 0 Å². The van der Waals surface area contributed by atoms with Crippen LogP contribution < -0.4 is 10.6 Å². The minimum atomic E-state index is -0.370. The van der Waals surface area contributed by atoms with Crippen LogP contribution in [0.5, 0.6) is 0 Å². The third kappa shape index (κ3) is 4.36. The van der Waals surface area contributed by atoms with Crippen LogP contribution in [0.25, 0.3) is 19.5 Å². The van der Waals surface area contributed by atoms with Crippen LogP contribution in [0, 0.1) is 0 Å². The van der Waals surface area contributed by atoms with E-state index in [9.17, 15) is 0 Å². The van der Waals surface area contributed by atoms with Crippen molar-refractivity contribution in [1.29, 1.82) is 0 Å². The Morgan fingerprint density at radius 2 is 1.20 bits per heavy atom. The minimum absolute atomic E-state index is 0.370. The number of thiophene rings is 3. The highest BCUT2D eigenvalue weighted by Crippen LogP contribution is 2.43. The first-order valence-electron chi connectivity index (χ1n) is 9.96. The molecule has 5 aromatic rings. The van der Waals surface area contributed by atoms with Gasteiger partial charge in [-0.15, -0.1) is 34.0 Å². The summed E-state index contributed by atoms with van der Waals surface area (Å²) in [6, 6.07) is 33.3. The predicted molar refractivity (Wildman–Crippen MR) is 139 cm³/mol. The minimum Gasteiger partial charge on any atom is -0.143 e. The molecule has 148 valence electrons. The highest BCUT2D eigenvalue weighted by atomic mass is 32.1. The zero-order chi connectivity index (χ0) is 20.2. The van der Waals surface area contributed by atoms with Crippen molar-refractivity contribution in [2.24, 2.45) is 0 Å². The third-order valence-corrected chi connectivity index (χ3v) is 10.9. The molecule has 5 rings (SSSR count). The van der Waals surface area contributed by atoms with Crippen LogP contribution in [0.4, 0.5) is 0 Å². The van der Waals surface area contributed by atoms with Crippen molar-refractivity contribution in [3.63, 3.8) is 0 Å². The maximum absolute atomic E-state index is 2.44. The largest absolute Gasteiger partial charge is 0.143 e. The summed E-state index contributed by atoms with van der Waals surface area (Å²) in [5, 5.41) is 7.28. The summed E-state index contributed by atoms with van der Waals surface area (Å²) in [5.41, 5.74) is 1.49. The maximum atomic E-state index is 2.44. The Bertz CT molecular complexity index is 1130. The van der Waals surface area contributed by atoms with Crippen molar-refractivity contribution < 1.29 is 0 Å². The summed E-state index contributed by atoms with van der Waals surface area (Å²) in [6.07, 6.45) is 2.27. The second-order valence-corrected chi connectivity index (χ2v) is 12.3. The fourth-order valence-corrected chi connectivity index (χ4v) is 8.89. The van der Waals surface area contributed by atoms with E-state index < -0.39 is 0 Å². The molecule has 0 bridgehead atoms. The molecule has 30 heavy (non-hydrogen) atoms. The van der Waals surface area contributed by atoms with Gasteiger partial charge in [0.25, 0.3) is 0 Å². The molecule has 3 aromatic heterocycles. The molecule has 0 nitrogen and oxygen atoms in total. The third-order valence-electron chi connectivity index (χ3n) is 5.06. The Morgan fingerprint density at radius 1 is 0.600 bits per heavy atom. The molecule has 0 spiro atoms. The first kappa shape index (κ1) is 19.9. The van der Waals surface area contributed by atoms with Gasteiger partial charge in [-0.3, -0.25) is 0 Å². The van der Waals surface area contributed by atoms with Gasteiger partial charge in [0.15, 0.2) is 0 Å². The smallest absolute Gasteiger partial charge is 0.0481 e. The molecule has 0 unspecified atom stereocenters. The van der Waals surface area contributed by atoms with E-state index in [0.717, 1.165) is 6.42 Å². The molecule has 0 saturated carbocycles. The van der Waals surface area contributed by atoms with E-state index in [2.05, 4.69) is 102 Å². The van der Waals surface area contributed by atoms with E-state index >= 15 is 0 Å². The van der Waals surface area contributed by atoms with E-state index in [1.165, 1.54) is 41.8 Å². The molecule has 0 radical (unpaired) electrons. The lowest BCUT2D eigenvalue weighted by molar-refractivity contribution is 1.17. The fraction of sp³-hybridized carbons (Fsp3) is 0.0769. The summed E-state index contributed by atoms with van der Waals surface area (Å²) < 4.78 is 0. The number of hydrogen-bond acceptors (Lipinski definition) is 3. The van der Waals surface area contributed by atoms with Gasteiger partial charge in [0.2, 0.25) is 0 Å². The molecule has 0 fully saturated rings. The first-order chi connectivity index (χ1) is 14.9. The zero-order valence-electron chi connectivity index (χ0n) is 16.4. The van der Waals surface area contributed by atoms with Crippen LogP contribution in [0.15, 0.2) is 102 Å². The molecule has 0 aliphatic heterocycles. The SMILES string of the molecule is c1ccc(P(CCc2cc(-c3cccs3)sc2-c2cccs2)c2ccccc2)cc1. The van der Waals surface area contributed by atoms with Gasteiger partial charge in [-0.05, 0) is 65.6 Å². The van der Waals surface area contributed by atoms with Gasteiger partial charge in [-0.2, -0.15) is 0 Å². The number of hydrogen-bond donors (Lipinski definition) is 0. The van der Waals surface area contributed by atoms with Gasteiger partial charge in [0.05, 0.1) is 0 Å². The lowest BCUT2D eigenvalue weighted by atomic mass is 10.1. The van der Waals surface area contributed by atoms with Crippen LogP contribution >= 0.6 is 41.9 Å². The standard InChI is InChI=1S/C26H21PS3/c1-3-9-21(10-4-1)27(22-11-5-2-6-12-22)16-15-20-19-25(23-13-7-17-28-23)30-26(20)24-14-8-18-29-24/h1-14,17-19H,15-16H2. The Hall–Kier alpha value is -2.03. The molecule has 2 aromatic carbocycles. The van der Waals surface area contributed by atoms with Crippen molar-refractivity contribution in [1.82, 2.24) is 0 Å². The van der Waals surface area contributed by atoms with E-state index in [4.69, 9.17) is 0 Å². The Kier molecular flexibility index (Phi) is 6.24. The van der Waals surface area contributed by atoms with E-state index in [-0.39, 0.29) is 7.92 Å². The van der Waals surface area contributed by atoms with Crippen molar-refractivity contribution in [3.8, 4) is 19.5 Å². The van der Waals surface area contributed by atoms with Gasteiger partial charge in [-0.25, -0.2) is 0 Å². The van der Waals surface area contributed by atoms with Crippen molar-refractivity contribution in [2.45, 2.75) is 6.42 Å². The summed E-state index contributed by atoms with van der Waals surface area (Å²) in [5.74, 6) is 0. The zero-order valence-corrected chi connectivity index (χ0v) is 19.7. The van der Waals surface area contributed by atoms with E-state index in [0.29, 0.717) is 0 Å². The Balaban J connectivity index is 1.48. The van der Waals surface area contributed by atoms with E-state index in [1.807, 2.05) is 34.0 Å². The molecule has 0 atom stereocenters. The number of benzene rings is 2. The summed E-state index contributed by atoms with van der Waals surface area (Å²) in [6.45, 7) is 0. The van der Waals surface area contributed by atoms with Gasteiger partial charge in [0, 0.05) is 19.5 Å². The molecule has 0 N–H and O–H groups in total. The van der Waals surface area contributed by atoms with Crippen LogP contribution in [-0.2, 0) is 6.42 Å². The van der Waals surface area contributed by atoms with E-state index in [1.54, 1.807) is 0 Å². The lowest BCUT2D eigenvalue weighted by Crippen LogP contribution is -2.14. The number of rotatable bonds is 7. The van der Waals surface area contributed by atoms with Gasteiger partial charge in [-0.1, -0.05) is 72.8 Å². The molecule has 4 heteroatoms. The Morgan fingerprint density at radius 3 is 1.77 bits per heavy atom. The Labute approximate surface area is 191 Å². The normalized spacial score (nSPS) is 11.2. The molecule has 0 saturated heterocycles.